The zero-order valence-corrected chi connectivity index (χ0v) is 17.8. The van der Waals surface area contributed by atoms with Gasteiger partial charge in [0.05, 0.1) is 17.3 Å². The second-order valence-corrected chi connectivity index (χ2v) is 7.15. The highest BCUT2D eigenvalue weighted by Gasteiger charge is 2.30. The molecule has 2 amide bonds. The molecule has 0 aromatic heterocycles. The molecule has 0 heterocycles. The van der Waals surface area contributed by atoms with Crippen LogP contribution in [0, 0.1) is 0 Å². The highest BCUT2D eigenvalue weighted by Crippen LogP contribution is 2.19. The molecule has 0 aliphatic rings. The van der Waals surface area contributed by atoms with Gasteiger partial charge < -0.3 is 15.5 Å². The van der Waals surface area contributed by atoms with Crippen molar-refractivity contribution in [1.82, 2.24) is 10.7 Å². The topological polar surface area (TPSA) is 136 Å². The van der Waals surface area contributed by atoms with Gasteiger partial charge in [-0.15, -0.1) is 0 Å². The third-order valence-electron chi connectivity index (χ3n) is 4.75. The molecule has 32 heavy (non-hydrogen) atoms. The number of benzene rings is 2. The van der Waals surface area contributed by atoms with Gasteiger partial charge in [0.2, 0.25) is 0 Å². The van der Waals surface area contributed by atoms with Crippen molar-refractivity contribution in [2.75, 3.05) is 11.6 Å². The number of carbonyl (C=O) groups is 4. The summed E-state index contributed by atoms with van der Waals surface area (Å²) in [6.07, 6.45) is 3.12. The van der Waals surface area contributed by atoms with E-state index in [2.05, 4.69) is 17.7 Å². The van der Waals surface area contributed by atoms with Crippen LogP contribution < -0.4 is 15.8 Å². The Morgan fingerprint density at radius 2 is 1.59 bits per heavy atom. The predicted octanol–water partition coefficient (Wildman–Crippen LogP) is 2.22. The van der Waals surface area contributed by atoms with Gasteiger partial charge in [0.25, 0.3) is 5.91 Å². The Labute approximate surface area is 186 Å². The van der Waals surface area contributed by atoms with E-state index in [1.165, 1.54) is 24.3 Å². The van der Waals surface area contributed by atoms with Crippen LogP contribution in [-0.4, -0.2) is 46.6 Å². The third kappa shape index (κ3) is 6.92. The molecule has 2 aromatic carbocycles. The van der Waals surface area contributed by atoms with Crippen LogP contribution in [0.1, 0.15) is 42.1 Å². The van der Waals surface area contributed by atoms with E-state index in [-0.39, 0.29) is 11.3 Å². The van der Waals surface area contributed by atoms with Crippen LogP contribution in [0.25, 0.3) is 0 Å². The van der Waals surface area contributed by atoms with Crippen molar-refractivity contribution >= 4 is 29.4 Å². The van der Waals surface area contributed by atoms with E-state index < -0.39 is 29.8 Å². The zero-order valence-electron chi connectivity index (χ0n) is 17.8. The van der Waals surface area contributed by atoms with Crippen LogP contribution in [0.5, 0.6) is 0 Å². The number of nitrogens with zero attached hydrogens (tertiary/aromatic N) is 1. The van der Waals surface area contributed by atoms with E-state index in [1.807, 2.05) is 30.3 Å². The first-order chi connectivity index (χ1) is 15.3. The molecule has 0 unspecified atom stereocenters. The average Bonchev–Trinajstić information content (AvgIpc) is 2.79. The minimum atomic E-state index is -1.83. The fourth-order valence-corrected chi connectivity index (χ4v) is 3.11. The fraction of sp³-hybridized carbons (Fsp3) is 0.304. The molecular formula is C23H27N3O6. The summed E-state index contributed by atoms with van der Waals surface area (Å²) >= 11 is 0. The number of aromatic carboxylic acids is 1. The molecule has 0 bridgehead atoms. The summed E-state index contributed by atoms with van der Waals surface area (Å²) in [6, 6.07) is 13.8. The number of hydrogen-bond acceptors (Lipinski definition) is 5. The summed E-state index contributed by atoms with van der Waals surface area (Å²) in [7, 11) is 0. The first-order valence-corrected chi connectivity index (χ1v) is 10.3. The Bertz CT molecular complexity index is 948. The Morgan fingerprint density at radius 3 is 2.22 bits per heavy atom. The smallest absolute Gasteiger partial charge is 0.396 e. The van der Waals surface area contributed by atoms with E-state index in [0.29, 0.717) is 18.0 Å². The molecular weight excluding hydrogens is 414 g/mol. The largest absolute Gasteiger partial charge is 0.478 e. The quantitative estimate of drug-likeness (QED) is 0.252. The summed E-state index contributed by atoms with van der Waals surface area (Å²) < 4.78 is 0. The lowest BCUT2D eigenvalue weighted by atomic mass is 10.1. The number of carboxylic acid groups (broad SMARTS) is 2. The zero-order chi connectivity index (χ0) is 23.5. The van der Waals surface area contributed by atoms with E-state index in [1.54, 1.807) is 0 Å². The highest BCUT2D eigenvalue weighted by molar-refractivity contribution is 6.37. The average molecular weight is 441 g/mol. The Hall–Kier alpha value is -3.72. The number of para-hydroxylation sites is 1. The van der Waals surface area contributed by atoms with Gasteiger partial charge in [-0.3, -0.25) is 15.0 Å². The van der Waals surface area contributed by atoms with Crippen LogP contribution in [0.2, 0.25) is 0 Å². The number of aliphatic carboxylic acids is 1. The van der Waals surface area contributed by atoms with E-state index >= 15 is 0 Å². The number of carboxylic acids is 2. The molecule has 2 aromatic rings. The normalized spacial score (nSPS) is 11.4. The molecule has 0 aliphatic carbocycles. The lowest BCUT2D eigenvalue weighted by molar-refractivity contribution is -0.149. The Balaban J connectivity index is 2.31. The molecule has 0 aliphatic heterocycles. The Morgan fingerprint density at radius 1 is 0.938 bits per heavy atom. The molecule has 2 rings (SSSR count). The maximum absolute atomic E-state index is 13.1. The summed E-state index contributed by atoms with van der Waals surface area (Å²) in [4.78, 5) is 48.4. The molecule has 0 fully saturated rings. The van der Waals surface area contributed by atoms with Crippen LogP contribution in [0.4, 0.5) is 5.69 Å². The SMILES string of the molecule is CCCCCN[C@@H](Cc1ccccc1)C(=O)NN(C(=O)C(=O)O)c1ccccc1C(=O)O. The molecule has 0 saturated heterocycles. The first-order valence-electron chi connectivity index (χ1n) is 10.3. The van der Waals surface area contributed by atoms with Crippen molar-refractivity contribution in [1.29, 1.82) is 0 Å². The lowest BCUT2D eigenvalue weighted by Gasteiger charge is -2.26. The minimum Gasteiger partial charge on any atom is -0.478 e. The van der Waals surface area contributed by atoms with Crippen LogP contribution in [-0.2, 0) is 20.8 Å². The van der Waals surface area contributed by atoms with Crippen LogP contribution in [0.15, 0.2) is 54.6 Å². The number of carbonyl (C=O) groups excluding carboxylic acids is 2. The maximum Gasteiger partial charge on any atom is 0.396 e. The molecule has 0 saturated carbocycles. The standard InChI is InChI=1S/C23H27N3O6/c1-2-3-9-14-24-18(15-16-10-5-4-6-11-16)20(27)25-26(21(28)23(31)32)19-13-8-7-12-17(19)22(29)30/h4-8,10-13,18,24H,2-3,9,14-15H2,1H3,(H,25,27)(H,29,30)(H,31,32)/t18-/m0/s1. The van der Waals surface area contributed by atoms with Crippen molar-refractivity contribution in [3.63, 3.8) is 0 Å². The number of nitrogens with one attached hydrogen (secondary N) is 2. The monoisotopic (exact) mass is 441 g/mol. The molecule has 9 nitrogen and oxygen atoms in total. The van der Waals surface area contributed by atoms with Gasteiger partial charge in [-0.2, -0.15) is 0 Å². The van der Waals surface area contributed by atoms with Crippen molar-refractivity contribution in [2.45, 2.75) is 38.6 Å². The van der Waals surface area contributed by atoms with Crippen LogP contribution >= 0.6 is 0 Å². The number of rotatable bonds is 10. The third-order valence-corrected chi connectivity index (χ3v) is 4.75. The highest BCUT2D eigenvalue weighted by atomic mass is 16.4. The molecule has 1 atom stereocenters. The number of hydrogen-bond donors (Lipinski definition) is 4. The molecule has 0 radical (unpaired) electrons. The van der Waals surface area contributed by atoms with Gasteiger partial charge >= 0.3 is 17.8 Å². The second-order valence-electron chi connectivity index (χ2n) is 7.15. The molecule has 0 spiro atoms. The number of unbranched alkanes of at least 4 members (excludes halogenated alkanes) is 2. The summed E-state index contributed by atoms with van der Waals surface area (Å²) in [5.41, 5.74) is 2.62. The van der Waals surface area contributed by atoms with Crippen molar-refractivity contribution in [3.8, 4) is 0 Å². The summed E-state index contributed by atoms with van der Waals surface area (Å²) in [6.45, 7) is 2.61. The summed E-state index contributed by atoms with van der Waals surface area (Å²) in [5, 5.41) is 22.3. The van der Waals surface area contributed by atoms with Crippen LogP contribution in [0.3, 0.4) is 0 Å². The van der Waals surface area contributed by atoms with Gasteiger partial charge in [-0.1, -0.05) is 62.2 Å². The Kier molecular flexibility index (Phi) is 9.37. The maximum atomic E-state index is 13.1. The first kappa shape index (κ1) is 24.5. The van der Waals surface area contributed by atoms with Gasteiger partial charge in [-0.05, 0) is 37.1 Å². The van der Waals surface area contributed by atoms with E-state index in [4.69, 9.17) is 0 Å². The van der Waals surface area contributed by atoms with Gasteiger partial charge in [0.1, 0.15) is 0 Å². The van der Waals surface area contributed by atoms with E-state index in [0.717, 1.165) is 24.8 Å². The number of amides is 2. The van der Waals surface area contributed by atoms with Crippen molar-refractivity contribution in [2.24, 2.45) is 0 Å². The number of hydrazine groups is 1. The summed E-state index contributed by atoms with van der Waals surface area (Å²) in [5.74, 6) is -5.32. The van der Waals surface area contributed by atoms with Gasteiger partial charge in [0, 0.05) is 0 Å². The fourth-order valence-electron chi connectivity index (χ4n) is 3.11. The number of anilines is 1. The van der Waals surface area contributed by atoms with E-state index in [9.17, 15) is 29.4 Å². The minimum absolute atomic E-state index is 0.245. The molecule has 170 valence electrons. The second kappa shape index (κ2) is 12.2. The van der Waals surface area contributed by atoms with Crippen molar-refractivity contribution < 1.29 is 29.4 Å². The molecule has 9 heteroatoms. The van der Waals surface area contributed by atoms with Gasteiger partial charge in [0.15, 0.2) is 0 Å². The van der Waals surface area contributed by atoms with Crippen molar-refractivity contribution in [3.05, 3.63) is 65.7 Å². The molecule has 4 N–H and O–H groups in total. The lowest BCUT2D eigenvalue weighted by Crippen LogP contribution is -2.56. The van der Waals surface area contributed by atoms with Gasteiger partial charge in [-0.25, -0.2) is 14.6 Å². The predicted molar refractivity (Wildman–Crippen MR) is 118 cm³/mol.